The second-order valence-corrected chi connectivity index (χ2v) is 14.5. The van der Waals surface area contributed by atoms with E-state index in [0.717, 1.165) is 18.4 Å². The molecular formula is C33H41N7O5S2. The van der Waals surface area contributed by atoms with E-state index in [-0.39, 0.29) is 41.8 Å². The van der Waals surface area contributed by atoms with E-state index >= 15 is 0 Å². The van der Waals surface area contributed by atoms with E-state index in [1.165, 1.54) is 23.1 Å². The first-order chi connectivity index (χ1) is 22.6. The normalized spacial score (nSPS) is 30.6. The molecule has 2 unspecified atom stereocenters. The van der Waals surface area contributed by atoms with Crippen LogP contribution in [0.3, 0.4) is 0 Å². The quantitative estimate of drug-likeness (QED) is 0.449. The van der Waals surface area contributed by atoms with Crippen molar-refractivity contribution in [3.8, 4) is 0 Å². The number of amides is 4. The number of aliphatic imine (C=N–C) groups is 2. The highest BCUT2D eigenvalue weighted by atomic mass is 32.2. The molecule has 8 atom stereocenters. The molecule has 1 fully saturated rings. The van der Waals surface area contributed by atoms with Gasteiger partial charge in [0.2, 0.25) is 23.6 Å². The number of hydrogen-bond acceptors (Lipinski definition) is 10. The van der Waals surface area contributed by atoms with Gasteiger partial charge in [-0.05, 0) is 38.2 Å². The standard InChI is InChI=1S/C33H41N7O5S2/c1-5-17(2)25-32-37-22(16-47-32)27(41)34-18(3)31-36-23(15-46-31)28(42)35-21(14-20-10-7-6-8-11-20)33(44)40-13-9-12-24(40)30-39-26(19(4)45-30)29(43)38-25/h6-8,10-11,15,17-19,21-22,24-26H,5,9,12-14,16H2,1-4H3,(H,34,41)(H,35,42)(H,38,43)/t17?,18-,19-,21+,22+,24+,25-,26?/m1/s1. The van der Waals surface area contributed by atoms with Gasteiger partial charge >= 0.3 is 0 Å². The Morgan fingerprint density at radius 3 is 2.60 bits per heavy atom. The Morgan fingerprint density at radius 2 is 1.83 bits per heavy atom. The third-order valence-corrected chi connectivity index (χ3v) is 11.4. The van der Waals surface area contributed by atoms with E-state index in [9.17, 15) is 19.2 Å². The van der Waals surface area contributed by atoms with Gasteiger partial charge in [0.25, 0.3) is 5.91 Å². The summed E-state index contributed by atoms with van der Waals surface area (Å²) in [6.45, 7) is 8.21. The second kappa shape index (κ2) is 14.1. The molecule has 1 saturated heterocycles. The van der Waals surface area contributed by atoms with Gasteiger partial charge in [0.15, 0.2) is 6.04 Å². The molecule has 0 radical (unpaired) electrons. The largest absolute Gasteiger partial charge is 0.474 e. The fourth-order valence-electron chi connectivity index (χ4n) is 6.31. The lowest BCUT2D eigenvalue weighted by Gasteiger charge is -2.29. The summed E-state index contributed by atoms with van der Waals surface area (Å²) in [5.41, 5.74) is 1.08. The third kappa shape index (κ3) is 7.08. The van der Waals surface area contributed by atoms with Crippen molar-refractivity contribution in [2.24, 2.45) is 15.9 Å². The maximum Gasteiger partial charge on any atom is 0.271 e. The summed E-state index contributed by atoms with van der Waals surface area (Å²) in [5.74, 6) is -0.360. The fourth-order valence-corrected chi connectivity index (χ4v) is 8.35. The zero-order valence-corrected chi connectivity index (χ0v) is 28.6. The van der Waals surface area contributed by atoms with Crippen molar-refractivity contribution in [2.45, 2.75) is 95.7 Å². The average molecular weight is 680 g/mol. The predicted octanol–water partition coefficient (Wildman–Crippen LogP) is 2.90. The summed E-state index contributed by atoms with van der Waals surface area (Å²) in [4.78, 5) is 70.6. The minimum atomic E-state index is -0.872. The van der Waals surface area contributed by atoms with E-state index in [1.54, 1.807) is 10.3 Å². The van der Waals surface area contributed by atoms with E-state index in [0.29, 0.717) is 34.7 Å². The zero-order valence-electron chi connectivity index (χ0n) is 27.0. The number of thioether (sulfide) groups is 1. The van der Waals surface area contributed by atoms with Crippen molar-refractivity contribution in [3.05, 3.63) is 52.0 Å². The predicted molar refractivity (Wildman–Crippen MR) is 182 cm³/mol. The van der Waals surface area contributed by atoms with Crippen LogP contribution in [0.2, 0.25) is 0 Å². The van der Waals surface area contributed by atoms with Crippen molar-refractivity contribution in [1.82, 2.24) is 25.8 Å². The Hall–Kier alpha value is -3.78. The molecule has 6 bridgehead atoms. The smallest absolute Gasteiger partial charge is 0.271 e. The number of carbonyl (C=O) groups excluding carboxylic acids is 4. The van der Waals surface area contributed by atoms with Crippen LogP contribution in [0.5, 0.6) is 0 Å². The van der Waals surface area contributed by atoms with Crippen molar-refractivity contribution in [2.75, 3.05) is 12.3 Å². The lowest BCUT2D eigenvalue weighted by Crippen LogP contribution is -2.52. The van der Waals surface area contributed by atoms with E-state index in [1.807, 2.05) is 44.2 Å². The van der Waals surface area contributed by atoms with Gasteiger partial charge in [-0.25, -0.2) is 9.98 Å². The van der Waals surface area contributed by atoms with Crippen molar-refractivity contribution >= 4 is 57.7 Å². The molecule has 6 rings (SSSR count). The molecule has 0 aliphatic carbocycles. The van der Waals surface area contributed by atoms with E-state index in [2.05, 4.69) is 34.8 Å². The molecule has 4 amide bonds. The Labute approximate surface area is 282 Å². The number of fused-ring (bicyclic) bond motifs is 6. The van der Waals surface area contributed by atoms with Gasteiger partial charge in [0.1, 0.15) is 34.9 Å². The number of carbonyl (C=O) groups is 4. The minimum absolute atomic E-state index is 0.0666. The topological polar surface area (TPSA) is 154 Å². The number of aromatic nitrogens is 1. The number of thiazole rings is 1. The Bertz CT molecular complexity index is 1580. The zero-order chi connectivity index (χ0) is 33.2. The SMILES string of the molecule is CCC(C)[C@H]1NC(=O)C2N=C(O[C@@H]2C)[C@@H]2CCCN2C(=O)[C@H](Cc2ccccc2)NC(=O)c2csc(n2)[C@@H](C)NC(=O)[C@@H]2CSC1=N2. The molecule has 5 heterocycles. The Kier molecular flexibility index (Phi) is 9.97. The Balaban J connectivity index is 1.35. The molecular weight excluding hydrogens is 639 g/mol. The van der Waals surface area contributed by atoms with Gasteiger partial charge < -0.3 is 25.6 Å². The summed E-state index contributed by atoms with van der Waals surface area (Å²) in [6, 6.07) is 5.96. The van der Waals surface area contributed by atoms with Gasteiger partial charge in [-0.3, -0.25) is 24.2 Å². The van der Waals surface area contributed by atoms with Crippen LogP contribution in [-0.2, 0) is 25.5 Å². The molecule has 12 nitrogen and oxygen atoms in total. The first-order valence-corrected chi connectivity index (χ1v) is 18.2. The van der Waals surface area contributed by atoms with Crippen LogP contribution >= 0.6 is 23.1 Å². The summed E-state index contributed by atoms with van der Waals surface area (Å²) >= 11 is 2.75. The van der Waals surface area contributed by atoms with Crippen LogP contribution in [0.1, 0.15) is 74.1 Å². The van der Waals surface area contributed by atoms with Crippen LogP contribution in [0.4, 0.5) is 0 Å². The average Bonchev–Trinajstić information content (AvgIpc) is 3.89. The molecule has 2 aromatic rings. The number of nitrogens with zero attached hydrogens (tertiary/aromatic N) is 4. The fraction of sp³-hybridized carbons (Fsp3) is 0.545. The number of nitrogens with one attached hydrogen (secondary N) is 3. The van der Waals surface area contributed by atoms with Crippen molar-refractivity contribution < 1.29 is 23.9 Å². The van der Waals surface area contributed by atoms with Crippen LogP contribution in [-0.4, -0.2) is 93.1 Å². The van der Waals surface area contributed by atoms with Crippen molar-refractivity contribution in [3.63, 3.8) is 0 Å². The summed E-state index contributed by atoms with van der Waals surface area (Å²) in [7, 11) is 0. The third-order valence-electron chi connectivity index (χ3n) is 9.23. The van der Waals surface area contributed by atoms with Gasteiger partial charge in [-0.15, -0.1) is 23.1 Å². The van der Waals surface area contributed by atoms with Crippen LogP contribution in [0, 0.1) is 5.92 Å². The van der Waals surface area contributed by atoms with E-state index in [4.69, 9.17) is 14.7 Å². The number of rotatable bonds is 4. The molecule has 0 spiro atoms. The van der Waals surface area contributed by atoms with Crippen LogP contribution in [0.25, 0.3) is 0 Å². The molecule has 47 heavy (non-hydrogen) atoms. The summed E-state index contributed by atoms with van der Waals surface area (Å²) in [6.07, 6.45) is 1.92. The Morgan fingerprint density at radius 1 is 1.04 bits per heavy atom. The highest BCUT2D eigenvalue weighted by Gasteiger charge is 2.44. The molecule has 4 aliphatic heterocycles. The van der Waals surface area contributed by atoms with Gasteiger partial charge in [-0.2, -0.15) is 0 Å². The van der Waals surface area contributed by atoms with Gasteiger partial charge in [0.05, 0.1) is 17.1 Å². The van der Waals surface area contributed by atoms with E-state index < -0.39 is 42.2 Å². The highest BCUT2D eigenvalue weighted by molar-refractivity contribution is 8.14. The minimum Gasteiger partial charge on any atom is -0.474 e. The first kappa shape index (κ1) is 33.1. The lowest BCUT2D eigenvalue weighted by molar-refractivity contribution is -0.133. The van der Waals surface area contributed by atoms with Crippen LogP contribution < -0.4 is 16.0 Å². The molecule has 4 aliphatic rings. The number of benzene rings is 1. The molecule has 1 aromatic heterocycles. The van der Waals surface area contributed by atoms with Crippen LogP contribution in [0.15, 0.2) is 45.7 Å². The monoisotopic (exact) mass is 679 g/mol. The molecule has 0 saturated carbocycles. The maximum absolute atomic E-state index is 14.2. The summed E-state index contributed by atoms with van der Waals surface area (Å²) in [5, 5.41) is 12.0. The first-order valence-electron chi connectivity index (χ1n) is 16.3. The summed E-state index contributed by atoms with van der Waals surface area (Å²) < 4.78 is 6.18. The van der Waals surface area contributed by atoms with Gasteiger partial charge in [0, 0.05) is 24.1 Å². The van der Waals surface area contributed by atoms with Gasteiger partial charge in [-0.1, -0.05) is 50.6 Å². The molecule has 3 N–H and O–H groups in total. The second-order valence-electron chi connectivity index (χ2n) is 12.6. The highest BCUT2D eigenvalue weighted by Crippen LogP contribution is 2.29. The number of hydrogen-bond donors (Lipinski definition) is 3. The maximum atomic E-state index is 14.2. The molecule has 14 heteroatoms. The molecule has 250 valence electrons. The number of ether oxygens (including phenoxy) is 1. The molecule has 1 aromatic carbocycles. The van der Waals surface area contributed by atoms with Crippen molar-refractivity contribution in [1.29, 1.82) is 0 Å². The lowest BCUT2D eigenvalue weighted by atomic mass is 9.99.